The first-order chi connectivity index (χ1) is 16.5. The molecule has 4 rings (SSSR count). The molecule has 11 heteroatoms. The van der Waals surface area contributed by atoms with Crippen LogP contribution in [-0.2, 0) is 4.79 Å². The number of aromatic nitrogens is 3. The molecule has 170 valence electrons. The van der Waals surface area contributed by atoms with Crippen LogP contribution in [0.4, 0.5) is 5.69 Å². The maximum absolute atomic E-state index is 12.3. The van der Waals surface area contributed by atoms with E-state index in [1.54, 1.807) is 12.1 Å². The molecule has 1 heterocycles. The molecular weight excluding hydrogens is 520 g/mol. The van der Waals surface area contributed by atoms with E-state index < -0.39 is 4.92 Å². The van der Waals surface area contributed by atoms with E-state index in [4.69, 9.17) is 0 Å². The van der Waals surface area contributed by atoms with Crippen LogP contribution in [0.15, 0.2) is 93.6 Å². The molecule has 0 unspecified atom stereocenters. The minimum absolute atomic E-state index is 0.0488. The lowest BCUT2D eigenvalue weighted by atomic mass is 10.2. The molecule has 0 saturated carbocycles. The Hall–Kier alpha value is -3.83. The van der Waals surface area contributed by atoms with Gasteiger partial charge in [-0.1, -0.05) is 70.2 Å². The van der Waals surface area contributed by atoms with Gasteiger partial charge in [-0.3, -0.25) is 19.5 Å². The second-order valence-corrected chi connectivity index (χ2v) is 8.78. The van der Waals surface area contributed by atoms with E-state index in [9.17, 15) is 14.9 Å². The number of hydrogen-bond acceptors (Lipinski definition) is 7. The third kappa shape index (κ3) is 5.74. The summed E-state index contributed by atoms with van der Waals surface area (Å²) < 4.78 is 2.81. The summed E-state index contributed by atoms with van der Waals surface area (Å²) in [5.41, 5.74) is 4.63. The summed E-state index contributed by atoms with van der Waals surface area (Å²) in [5, 5.41) is 24.0. The number of nitro benzene ring substituents is 1. The lowest BCUT2D eigenvalue weighted by molar-refractivity contribution is -0.384. The third-order valence-corrected chi connectivity index (χ3v) is 5.97. The zero-order chi connectivity index (χ0) is 23.9. The first-order valence-corrected chi connectivity index (χ1v) is 11.7. The van der Waals surface area contributed by atoms with Crippen molar-refractivity contribution in [3.8, 4) is 17.1 Å². The molecule has 0 aliphatic heterocycles. The molecule has 0 bridgehead atoms. The van der Waals surface area contributed by atoms with E-state index in [-0.39, 0.29) is 17.3 Å². The van der Waals surface area contributed by atoms with E-state index >= 15 is 0 Å². The molecule has 0 aliphatic carbocycles. The second kappa shape index (κ2) is 10.9. The number of halogens is 1. The molecule has 0 spiro atoms. The Labute approximate surface area is 207 Å². The molecule has 0 radical (unpaired) electrons. The average molecular weight is 537 g/mol. The van der Waals surface area contributed by atoms with E-state index in [1.807, 2.05) is 59.2 Å². The molecule has 9 nitrogen and oxygen atoms in total. The molecule has 1 N–H and O–H groups in total. The summed E-state index contributed by atoms with van der Waals surface area (Å²) in [6.07, 6.45) is 1.35. The number of nitrogens with one attached hydrogen (secondary N) is 1. The van der Waals surface area contributed by atoms with Crippen LogP contribution in [0.5, 0.6) is 0 Å². The normalized spacial score (nSPS) is 11.0. The van der Waals surface area contributed by atoms with E-state index in [1.165, 1.54) is 30.1 Å². The third-order valence-electron chi connectivity index (χ3n) is 4.55. The smallest absolute Gasteiger partial charge is 0.270 e. The van der Waals surface area contributed by atoms with Gasteiger partial charge in [0.2, 0.25) is 0 Å². The van der Waals surface area contributed by atoms with Gasteiger partial charge in [0.1, 0.15) is 0 Å². The fraction of sp³-hybridized carbons (Fsp3) is 0.0435. The topological polar surface area (TPSA) is 115 Å². The minimum atomic E-state index is -0.488. The van der Waals surface area contributed by atoms with Crippen molar-refractivity contribution in [2.75, 3.05) is 5.75 Å². The Bertz CT molecular complexity index is 1360. The molecule has 4 aromatic rings. The first-order valence-electron chi connectivity index (χ1n) is 9.97. The fourth-order valence-corrected chi connectivity index (χ4v) is 4.19. The largest absolute Gasteiger partial charge is 0.272 e. The number of carbonyl (C=O) groups is 1. The van der Waals surface area contributed by atoms with Crippen molar-refractivity contribution in [2.24, 2.45) is 5.10 Å². The standard InChI is InChI=1S/C23H17BrN6O3S/c24-18-8-5-7-17(13-18)22-27-28-23(29(22)19-9-2-1-3-10-19)34-15-21(31)26-25-14-16-6-4-11-20(12-16)30(32)33/h1-14H,15H2,(H,26,31)/b25-14+. The Morgan fingerprint density at radius 2 is 1.88 bits per heavy atom. The second-order valence-electron chi connectivity index (χ2n) is 6.92. The van der Waals surface area contributed by atoms with Gasteiger partial charge in [0.15, 0.2) is 11.0 Å². The van der Waals surface area contributed by atoms with Crippen LogP contribution in [-0.4, -0.2) is 37.6 Å². The van der Waals surface area contributed by atoms with Crippen LogP contribution in [0.3, 0.4) is 0 Å². The molecule has 0 saturated heterocycles. The predicted molar refractivity (Wildman–Crippen MR) is 134 cm³/mol. The van der Waals surface area contributed by atoms with Crippen molar-refractivity contribution in [1.29, 1.82) is 0 Å². The number of rotatable bonds is 8. The number of para-hydroxylation sites is 1. The van der Waals surface area contributed by atoms with Crippen LogP contribution in [0.2, 0.25) is 0 Å². The first kappa shape index (κ1) is 23.3. The maximum Gasteiger partial charge on any atom is 0.270 e. The van der Waals surface area contributed by atoms with E-state index in [0.717, 1.165) is 15.7 Å². The molecule has 3 aromatic carbocycles. The monoisotopic (exact) mass is 536 g/mol. The zero-order valence-corrected chi connectivity index (χ0v) is 19.9. The Kier molecular flexibility index (Phi) is 7.45. The number of hydrazone groups is 1. The summed E-state index contributed by atoms with van der Waals surface area (Å²) in [4.78, 5) is 22.7. The van der Waals surface area contributed by atoms with E-state index in [0.29, 0.717) is 16.5 Å². The number of nitrogens with zero attached hydrogens (tertiary/aromatic N) is 5. The van der Waals surface area contributed by atoms with Gasteiger partial charge in [-0.2, -0.15) is 5.10 Å². The number of thioether (sulfide) groups is 1. The highest BCUT2D eigenvalue weighted by molar-refractivity contribution is 9.10. The molecule has 34 heavy (non-hydrogen) atoms. The summed E-state index contributed by atoms with van der Waals surface area (Å²) in [6.45, 7) is 0. The summed E-state index contributed by atoms with van der Waals surface area (Å²) in [7, 11) is 0. The van der Waals surface area contributed by atoms with E-state index in [2.05, 4.69) is 36.7 Å². The number of nitro groups is 1. The van der Waals surface area contributed by atoms with Crippen molar-refractivity contribution in [1.82, 2.24) is 20.2 Å². The summed E-state index contributed by atoms with van der Waals surface area (Å²) in [5.74, 6) is 0.354. The van der Waals surface area contributed by atoms with Crippen molar-refractivity contribution in [3.05, 3.63) is 99.0 Å². The van der Waals surface area contributed by atoms with Crippen LogP contribution >= 0.6 is 27.7 Å². The van der Waals surface area contributed by atoms with Gasteiger partial charge in [0.25, 0.3) is 11.6 Å². The number of amides is 1. The van der Waals surface area contributed by atoms with Gasteiger partial charge < -0.3 is 0 Å². The predicted octanol–water partition coefficient (Wildman–Crippen LogP) is 4.85. The van der Waals surface area contributed by atoms with Crippen molar-refractivity contribution in [3.63, 3.8) is 0 Å². The van der Waals surface area contributed by atoms with Crippen molar-refractivity contribution in [2.45, 2.75) is 5.16 Å². The Morgan fingerprint density at radius 3 is 2.65 bits per heavy atom. The van der Waals surface area contributed by atoms with Crippen LogP contribution in [0.1, 0.15) is 5.56 Å². The maximum atomic E-state index is 12.3. The van der Waals surface area contributed by atoms with Crippen molar-refractivity contribution >= 4 is 45.5 Å². The Morgan fingerprint density at radius 1 is 1.09 bits per heavy atom. The van der Waals surface area contributed by atoms with Crippen LogP contribution < -0.4 is 5.43 Å². The SMILES string of the molecule is O=C(CSc1nnc(-c2cccc(Br)c2)n1-c1ccccc1)N/N=C/c1cccc([N+](=O)[O-])c1. The van der Waals surface area contributed by atoms with Gasteiger partial charge >= 0.3 is 0 Å². The van der Waals surface area contributed by atoms with Gasteiger partial charge in [-0.25, -0.2) is 5.43 Å². The fourth-order valence-electron chi connectivity index (χ4n) is 3.05. The highest BCUT2D eigenvalue weighted by Crippen LogP contribution is 2.29. The summed E-state index contributed by atoms with van der Waals surface area (Å²) in [6, 6.07) is 23.4. The lowest BCUT2D eigenvalue weighted by Gasteiger charge is -2.10. The highest BCUT2D eigenvalue weighted by Gasteiger charge is 2.17. The number of hydrogen-bond donors (Lipinski definition) is 1. The number of non-ortho nitro benzene ring substituents is 1. The van der Waals surface area contributed by atoms with Gasteiger partial charge in [-0.05, 0) is 24.3 Å². The zero-order valence-electron chi connectivity index (χ0n) is 17.5. The van der Waals surface area contributed by atoms with Crippen molar-refractivity contribution < 1.29 is 9.72 Å². The van der Waals surface area contributed by atoms with Crippen LogP contribution in [0, 0.1) is 10.1 Å². The summed E-state index contributed by atoms with van der Waals surface area (Å²) >= 11 is 4.71. The molecule has 1 aromatic heterocycles. The molecular formula is C23H17BrN6O3S. The Balaban J connectivity index is 1.48. The molecule has 1 amide bonds. The number of benzene rings is 3. The van der Waals surface area contributed by atoms with Crippen LogP contribution in [0.25, 0.3) is 17.1 Å². The minimum Gasteiger partial charge on any atom is -0.272 e. The van der Waals surface area contributed by atoms with Gasteiger partial charge in [0.05, 0.1) is 16.9 Å². The average Bonchev–Trinajstić information content (AvgIpc) is 3.27. The number of carbonyl (C=O) groups excluding carboxylic acids is 1. The molecule has 0 aliphatic rings. The van der Waals surface area contributed by atoms with Gasteiger partial charge in [-0.15, -0.1) is 10.2 Å². The quantitative estimate of drug-likeness (QED) is 0.149. The highest BCUT2D eigenvalue weighted by atomic mass is 79.9. The lowest BCUT2D eigenvalue weighted by Crippen LogP contribution is -2.20. The van der Waals surface area contributed by atoms with Gasteiger partial charge in [0, 0.05) is 33.4 Å². The molecule has 0 fully saturated rings. The molecule has 0 atom stereocenters.